The maximum Gasteiger partial charge on any atom is 0.102 e. The second-order valence-electron chi connectivity index (χ2n) is 2.33. The van der Waals surface area contributed by atoms with Gasteiger partial charge in [-0.15, -0.1) is 0 Å². The summed E-state index contributed by atoms with van der Waals surface area (Å²) in [6, 6.07) is 12.2. The van der Waals surface area contributed by atoms with Gasteiger partial charge >= 0.3 is 0 Å². The molecule has 54 valence electrons. The second kappa shape index (κ2) is 2.77. The van der Waals surface area contributed by atoms with Gasteiger partial charge in [-0.3, -0.25) is 0 Å². The fourth-order valence-electron chi connectivity index (χ4n) is 1.05. The molecule has 0 amide bonds. The quantitative estimate of drug-likeness (QED) is 0.659. The van der Waals surface area contributed by atoms with Crippen LogP contribution in [-0.4, -0.2) is 4.98 Å². The molecule has 2 heteroatoms. The third-order valence-electron chi connectivity index (χ3n) is 1.55. The summed E-state index contributed by atoms with van der Waals surface area (Å²) < 4.78 is 1.06. The third-order valence-corrected chi connectivity index (χ3v) is 2.10. The largest absolute Gasteiger partial charge is 0.242 e. The lowest BCUT2D eigenvalue weighted by molar-refractivity contribution is 1.36. The molecule has 0 unspecified atom stereocenters. The van der Waals surface area contributed by atoms with E-state index in [-0.39, 0.29) is 0 Å². The molecule has 0 N–H and O–H groups in total. The molecule has 1 nitrogen and oxygen atoms in total. The molecule has 0 aromatic rings. The first-order valence-corrected chi connectivity index (χ1v) is 4.45. The molecule has 1 aliphatic heterocycles. The summed E-state index contributed by atoms with van der Waals surface area (Å²) in [5.41, 5.74) is 2.28. The standard InChI is InChI=1S/C9H6IN/c10-9-6-7-4-2-1-3-5-8(7)11-9/h1-6H. The lowest BCUT2D eigenvalue weighted by Crippen LogP contribution is -1.67. The first-order valence-electron chi connectivity index (χ1n) is 3.37. The number of hydrogen-bond donors (Lipinski definition) is 0. The van der Waals surface area contributed by atoms with Gasteiger partial charge in [0, 0.05) is 5.56 Å². The van der Waals surface area contributed by atoms with Crippen LogP contribution in [0.1, 0.15) is 0 Å². The molecule has 0 spiro atoms. The topological polar surface area (TPSA) is 12.9 Å². The molecule has 11 heavy (non-hydrogen) atoms. The van der Waals surface area contributed by atoms with Crippen molar-refractivity contribution < 1.29 is 0 Å². The summed E-state index contributed by atoms with van der Waals surface area (Å²) in [7, 11) is 0. The summed E-state index contributed by atoms with van der Waals surface area (Å²) in [4.78, 5) is 4.34. The minimum atomic E-state index is 1.06. The maximum absolute atomic E-state index is 4.34. The van der Waals surface area contributed by atoms with Crippen LogP contribution in [0.25, 0.3) is 11.3 Å². The summed E-state index contributed by atoms with van der Waals surface area (Å²) in [6.45, 7) is 0. The highest BCUT2D eigenvalue weighted by molar-refractivity contribution is 14.1. The van der Waals surface area contributed by atoms with Crippen LogP contribution < -0.4 is 0 Å². The number of nitrogens with zero attached hydrogens (tertiary/aromatic N) is 1. The maximum atomic E-state index is 4.34. The van der Waals surface area contributed by atoms with Gasteiger partial charge in [-0.05, 0) is 34.7 Å². The van der Waals surface area contributed by atoms with Crippen molar-refractivity contribution in [3.05, 3.63) is 40.1 Å². The van der Waals surface area contributed by atoms with Gasteiger partial charge < -0.3 is 0 Å². The van der Waals surface area contributed by atoms with Crippen LogP contribution in [0, 0.1) is 3.70 Å². The molecule has 0 saturated carbocycles. The van der Waals surface area contributed by atoms with Crippen molar-refractivity contribution >= 4 is 22.6 Å². The zero-order valence-electron chi connectivity index (χ0n) is 5.79. The predicted octanol–water partition coefficient (Wildman–Crippen LogP) is 2.79. The molecule has 1 heterocycles. The fraction of sp³-hybridized carbons (Fsp3) is 0. The first-order chi connectivity index (χ1) is 5.36. The van der Waals surface area contributed by atoms with E-state index in [4.69, 9.17) is 0 Å². The Labute approximate surface area is 78.9 Å². The Balaban J connectivity index is 2.73. The van der Waals surface area contributed by atoms with E-state index in [9.17, 15) is 0 Å². The van der Waals surface area contributed by atoms with Gasteiger partial charge in [-0.2, -0.15) is 0 Å². The zero-order chi connectivity index (χ0) is 7.68. The van der Waals surface area contributed by atoms with Crippen molar-refractivity contribution in [2.75, 3.05) is 0 Å². The van der Waals surface area contributed by atoms with E-state index < -0.39 is 0 Å². The lowest BCUT2D eigenvalue weighted by Gasteiger charge is -1.83. The van der Waals surface area contributed by atoms with E-state index in [0.29, 0.717) is 0 Å². The van der Waals surface area contributed by atoms with Crippen molar-refractivity contribution in [2.45, 2.75) is 0 Å². The zero-order valence-corrected chi connectivity index (χ0v) is 7.95. The Morgan fingerprint density at radius 3 is 2.82 bits per heavy atom. The molecule has 2 rings (SSSR count). The van der Waals surface area contributed by atoms with Gasteiger partial charge in [-0.1, -0.05) is 24.3 Å². The van der Waals surface area contributed by atoms with Gasteiger partial charge in [0.1, 0.15) is 3.70 Å². The SMILES string of the molecule is Ic1cc2cccccc-2n1. The number of halogens is 1. The van der Waals surface area contributed by atoms with Crippen molar-refractivity contribution in [3.8, 4) is 11.3 Å². The second-order valence-corrected chi connectivity index (χ2v) is 3.44. The van der Waals surface area contributed by atoms with Crippen LogP contribution in [0.5, 0.6) is 0 Å². The van der Waals surface area contributed by atoms with Gasteiger partial charge in [-0.25, -0.2) is 4.98 Å². The van der Waals surface area contributed by atoms with Crippen molar-refractivity contribution in [2.24, 2.45) is 0 Å². The Kier molecular flexibility index (Phi) is 1.77. The van der Waals surface area contributed by atoms with Crippen molar-refractivity contribution in [1.29, 1.82) is 0 Å². The van der Waals surface area contributed by atoms with E-state index in [0.717, 1.165) is 9.39 Å². The van der Waals surface area contributed by atoms with E-state index in [1.807, 2.05) is 24.3 Å². The van der Waals surface area contributed by atoms with Gasteiger partial charge in [0.05, 0.1) is 5.69 Å². The molecule has 0 saturated heterocycles. The fourth-order valence-corrected chi connectivity index (χ4v) is 1.65. The molecule has 2 aliphatic rings. The average Bonchev–Trinajstić information content (AvgIpc) is 2.17. The molecule has 0 aromatic carbocycles. The van der Waals surface area contributed by atoms with E-state index >= 15 is 0 Å². The Hall–Kier alpha value is -0.640. The van der Waals surface area contributed by atoms with Crippen LogP contribution in [0.15, 0.2) is 36.4 Å². The highest BCUT2D eigenvalue weighted by Crippen LogP contribution is 2.21. The Morgan fingerprint density at radius 1 is 1.09 bits per heavy atom. The lowest BCUT2D eigenvalue weighted by atomic mass is 10.2. The van der Waals surface area contributed by atoms with Crippen LogP contribution in [0.3, 0.4) is 0 Å². The van der Waals surface area contributed by atoms with E-state index in [1.54, 1.807) is 0 Å². The van der Waals surface area contributed by atoms with E-state index in [1.165, 1.54) is 5.56 Å². The predicted molar refractivity (Wildman–Crippen MR) is 53.6 cm³/mol. The highest BCUT2D eigenvalue weighted by Gasteiger charge is 2.02. The first kappa shape index (κ1) is 7.03. The van der Waals surface area contributed by atoms with Crippen LogP contribution in [0.4, 0.5) is 0 Å². The Bertz CT molecular complexity index is 315. The number of hydrogen-bond acceptors (Lipinski definition) is 1. The molecule has 0 aromatic heterocycles. The summed E-state index contributed by atoms with van der Waals surface area (Å²) in [6.07, 6.45) is 0. The van der Waals surface area contributed by atoms with Gasteiger partial charge in [0.2, 0.25) is 0 Å². The number of aromatic nitrogens is 1. The molecule has 0 radical (unpaired) electrons. The molecule has 1 aliphatic carbocycles. The molecular weight excluding hydrogens is 249 g/mol. The normalized spacial score (nSPS) is 10.3. The highest BCUT2D eigenvalue weighted by atomic mass is 127. The van der Waals surface area contributed by atoms with Crippen molar-refractivity contribution in [3.63, 3.8) is 0 Å². The minimum Gasteiger partial charge on any atom is -0.242 e. The monoisotopic (exact) mass is 255 g/mol. The summed E-state index contributed by atoms with van der Waals surface area (Å²) in [5.74, 6) is 0. The minimum absolute atomic E-state index is 1.06. The molecule has 0 bridgehead atoms. The average molecular weight is 255 g/mol. The van der Waals surface area contributed by atoms with Crippen LogP contribution in [-0.2, 0) is 0 Å². The third kappa shape index (κ3) is 1.35. The summed E-state index contributed by atoms with van der Waals surface area (Å²) in [5, 5.41) is 0. The molecule has 0 fully saturated rings. The molecular formula is C9H6IN. The Morgan fingerprint density at radius 2 is 1.91 bits per heavy atom. The smallest absolute Gasteiger partial charge is 0.102 e. The summed E-state index contributed by atoms with van der Waals surface area (Å²) >= 11 is 2.22. The van der Waals surface area contributed by atoms with Gasteiger partial charge in [0.25, 0.3) is 0 Å². The number of fused-ring (bicyclic) bond motifs is 1. The van der Waals surface area contributed by atoms with E-state index in [2.05, 4.69) is 39.7 Å². The molecule has 0 atom stereocenters. The van der Waals surface area contributed by atoms with Gasteiger partial charge in [0.15, 0.2) is 0 Å². The van der Waals surface area contributed by atoms with Crippen molar-refractivity contribution in [1.82, 2.24) is 4.98 Å². The number of rotatable bonds is 0. The van der Waals surface area contributed by atoms with Crippen LogP contribution >= 0.6 is 22.6 Å². The van der Waals surface area contributed by atoms with Crippen LogP contribution in [0.2, 0.25) is 0 Å².